The van der Waals surface area contributed by atoms with Crippen molar-refractivity contribution in [2.75, 3.05) is 5.32 Å². The summed E-state index contributed by atoms with van der Waals surface area (Å²) in [6.45, 7) is 2.95. The molecule has 0 aromatic heterocycles. The molecule has 0 heterocycles. The van der Waals surface area contributed by atoms with Gasteiger partial charge >= 0.3 is 5.97 Å². The zero-order chi connectivity index (χ0) is 11.3. The van der Waals surface area contributed by atoms with Gasteiger partial charge in [0.25, 0.3) is 0 Å². The molecule has 0 radical (unpaired) electrons. The van der Waals surface area contributed by atoms with Gasteiger partial charge in [0.15, 0.2) is 0 Å². The summed E-state index contributed by atoms with van der Waals surface area (Å²) in [7, 11) is 0. The van der Waals surface area contributed by atoms with Crippen LogP contribution in [0.5, 0.6) is 0 Å². The van der Waals surface area contributed by atoms with Crippen molar-refractivity contribution in [2.45, 2.75) is 20.5 Å². The lowest BCUT2D eigenvalue weighted by atomic mass is 10.2. The zero-order valence-corrected chi connectivity index (χ0v) is 8.74. The van der Waals surface area contributed by atoms with Crippen molar-refractivity contribution < 1.29 is 14.3 Å². The number of benzene rings is 1. The summed E-state index contributed by atoms with van der Waals surface area (Å²) in [4.78, 5) is 21.5. The van der Waals surface area contributed by atoms with Crippen LogP contribution in [-0.2, 0) is 20.9 Å². The van der Waals surface area contributed by atoms with Gasteiger partial charge in [-0.15, -0.1) is 0 Å². The van der Waals surface area contributed by atoms with Gasteiger partial charge in [-0.2, -0.15) is 0 Å². The Morgan fingerprint density at radius 3 is 2.53 bits per heavy atom. The highest BCUT2D eigenvalue weighted by Gasteiger charge is 2.04. The molecule has 0 aliphatic rings. The molecule has 0 bridgehead atoms. The van der Waals surface area contributed by atoms with Crippen molar-refractivity contribution >= 4 is 17.6 Å². The predicted molar refractivity (Wildman–Crippen MR) is 56.2 cm³/mol. The van der Waals surface area contributed by atoms with E-state index in [9.17, 15) is 9.59 Å². The molecule has 0 aliphatic heterocycles. The highest BCUT2D eigenvalue weighted by atomic mass is 16.5. The van der Waals surface area contributed by atoms with E-state index >= 15 is 0 Å². The number of ether oxygens (including phenoxy) is 1. The molecule has 0 aliphatic carbocycles. The number of hydrogen-bond acceptors (Lipinski definition) is 3. The summed E-state index contributed by atoms with van der Waals surface area (Å²) in [6, 6.07) is 7.20. The van der Waals surface area contributed by atoms with Crippen molar-refractivity contribution in [2.24, 2.45) is 0 Å². The Kier molecular flexibility index (Phi) is 3.85. The van der Waals surface area contributed by atoms with Gasteiger partial charge in [0.05, 0.1) is 0 Å². The second-order valence-electron chi connectivity index (χ2n) is 3.12. The van der Waals surface area contributed by atoms with Gasteiger partial charge in [-0.1, -0.05) is 18.2 Å². The van der Waals surface area contributed by atoms with E-state index in [1.165, 1.54) is 13.8 Å². The first-order valence-electron chi connectivity index (χ1n) is 4.58. The fourth-order valence-electron chi connectivity index (χ4n) is 1.14. The molecule has 80 valence electrons. The second-order valence-corrected chi connectivity index (χ2v) is 3.12. The highest BCUT2D eigenvalue weighted by molar-refractivity contribution is 5.89. The molecule has 0 saturated heterocycles. The van der Waals surface area contributed by atoms with Gasteiger partial charge in [0, 0.05) is 25.1 Å². The molecule has 0 unspecified atom stereocenters. The molecule has 15 heavy (non-hydrogen) atoms. The number of amides is 1. The third kappa shape index (κ3) is 3.81. The van der Waals surface area contributed by atoms with Crippen molar-refractivity contribution in [3.8, 4) is 0 Å². The lowest BCUT2D eigenvalue weighted by molar-refractivity contribution is -0.142. The smallest absolute Gasteiger partial charge is 0.302 e. The number of esters is 1. The van der Waals surface area contributed by atoms with Crippen LogP contribution in [-0.4, -0.2) is 11.9 Å². The maximum atomic E-state index is 10.9. The molecule has 1 N–H and O–H groups in total. The number of anilines is 1. The zero-order valence-electron chi connectivity index (χ0n) is 8.74. The highest BCUT2D eigenvalue weighted by Crippen LogP contribution is 2.15. The third-order valence-corrected chi connectivity index (χ3v) is 1.76. The molecule has 0 fully saturated rings. The van der Waals surface area contributed by atoms with Crippen LogP contribution in [0.25, 0.3) is 0 Å². The third-order valence-electron chi connectivity index (χ3n) is 1.76. The molecule has 4 heteroatoms. The summed E-state index contributed by atoms with van der Waals surface area (Å²) in [6.07, 6.45) is 0. The summed E-state index contributed by atoms with van der Waals surface area (Å²) >= 11 is 0. The van der Waals surface area contributed by atoms with Crippen LogP contribution in [0, 0.1) is 0 Å². The minimum absolute atomic E-state index is 0.148. The molecule has 1 aromatic carbocycles. The van der Waals surface area contributed by atoms with Gasteiger partial charge in [0.2, 0.25) is 5.91 Å². The summed E-state index contributed by atoms with van der Waals surface area (Å²) < 4.78 is 4.86. The minimum Gasteiger partial charge on any atom is -0.461 e. The van der Waals surface area contributed by atoms with Gasteiger partial charge in [-0.25, -0.2) is 0 Å². The Hall–Kier alpha value is -1.84. The van der Waals surface area contributed by atoms with Crippen LogP contribution >= 0.6 is 0 Å². The number of nitrogens with one attached hydrogen (secondary N) is 1. The average molecular weight is 207 g/mol. The average Bonchev–Trinajstić information content (AvgIpc) is 2.15. The van der Waals surface area contributed by atoms with E-state index in [-0.39, 0.29) is 18.5 Å². The van der Waals surface area contributed by atoms with Crippen molar-refractivity contribution in [1.29, 1.82) is 0 Å². The number of hydrogen-bond donors (Lipinski definition) is 1. The lowest BCUT2D eigenvalue weighted by Gasteiger charge is -2.09. The minimum atomic E-state index is -0.340. The van der Waals surface area contributed by atoms with Crippen molar-refractivity contribution in [3.05, 3.63) is 29.8 Å². The van der Waals surface area contributed by atoms with E-state index in [0.717, 1.165) is 5.56 Å². The number of rotatable bonds is 3. The van der Waals surface area contributed by atoms with E-state index in [4.69, 9.17) is 4.74 Å². The first kappa shape index (κ1) is 11.2. The van der Waals surface area contributed by atoms with Crippen LogP contribution in [0.2, 0.25) is 0 Å². The predicted octanol–water partition coefficient (Wildman–Crippen LogP) is 1.71. The van der Waals surface area contributed by atoms with Crippen LogP contribution in [0.4, 0.5) is 5.69 Å². The molecule has 0 atom stereocenters. The van der Waals surface area contributed by atoms with Crippen LogP contribution < -0.4 is 5.32 Å². The molecule has 1 amide bonds. The van der Waals surface area contributed by atoms with Gasteiger partial charge < -0.3 is 10.1 Å². The summed E-state index contributed by atoms with van der Waals surface area (Å²) in [5.41, 5.74) is 1.45. The van der Waals surface area contributed by atoms with Gasteiger partial charge in [-0.05, 0) is 6.07 Å². The Balaban J connectivity index is 2.76. The number of carbonyl (C=O) groups excluding carboxylic acids is 2. The molecule has 0 spiro atoms. The summed E-state index contributed by atoms with van der Waals surface area (Å²) in [5, 5.41) is 2.67. The van der Waals surface area contributed by atoms with Gasteiger partial charge in [0.1, 0.15) is 6.61 Å². The molecular formula is C11H13NO3. The summed E-state index contributed by atoms with van der Waals surface area (Å²) in [5.74, 6) is -0.488. The van der Waals surface area contributed by atoms with E-state index in [1.54, 1.807) is 12.1 Å². The molecule has 4 nitrogen and oxygen atoms in total. The van der Waals surface area contributed by atoms with Crippen LogP contribution in [0.3, 0.4) is 0 Å². The van der Waals surface area contributed by atoms with E-state index in [0.29, 0.717) is 5.69 Å². The Morgan fingerprint density at radius 1 is 1.27 bits per heavy atom. The lowest BCUT2D eigenvalue weighted by Crippen LogP contribution is -2.09. The topological polar surface area (TPSA) is 55.4 Å². The second kappa shape index (κ2) is 5.14. The van der Waals surface area contributed by atoms with Crippen LogP contribution in [0.15, 0.2) is 24.3 Å². The quantitative estimate of drug-likeness (QED) is 0.767. The van der Waals surface area contributed by atoms with E-state index in [1.807, 2.05) is 12.1 Å². The normalized spacial score (nSPS) is 9.47. The molecule has 1 aromatic rings. The first-order valence-corrected chi connectivity index (χ1v) is 4.58. The fourth-order valence-corrected chi connectivity index (χ4v) is 1.14. The maximum absolute atomic E-state index is 10.9. The largest absolute Gasteiger partial charge is 0.461 e. The standard InChI is InChI=1S/C11H13NO3/c1-8(13)12-11-6-4-3-5-10(11)7-15-9(2)14/h3-6H,7H2,1-2H3,(H,12,13). The van der Waals surface area contributed by atoms with Crippen LogP contribution in [0.1, 0.15) is 19.4 Å². The SMILES string of the molecule is CC(=O)Nc1ccccc1COC(C)=O. The number of para-hydroxylation sites is 1. The molecule has 1 rings (SSSR count). The number of carbonyl (C=O) groups is 2. The van der Waals surface area contributed by atoms with E-state index in [2.05, 4.69) is 5.32 Å². The monoisotopic (exact) mass is 207 g/mol. The first-order chi connectivity index (χ1) is 7.09. The van der Waals surface area contributed by atoms with Crippen molar-refractivity contribution in [3.63, 3.8) is 0 Å². The molecular weight excluding hydrogens is 194 g/mol. The van der Waals surface area contributed by atoms with Gasteiger partial charge in [-0.3, -0.25) is 9.59 Å². The van der Waals surface area contributed by atoms with Crippen molar-refractivity contribution in [1.82, 2.24) is 0 Å². The molecule has 0 saturated carbocycles. The maximum Gasteiger partial charge on any atom is 0.302 e. The fraction of sp³-hybridized carbons (Fsp3) is 0.273. The Labute approximate surface area is 88.2 Å². The van der Waals surface area contributed by atoms with E-state index < -0.39 is 0 Å². The Bertz CT molecular complexity index is 374. The Morgan fingerprint density at radius 2 is 1.93 bits per heavy atom.